The van der Waals surface area contributed by atoms with Gasteiger partial charge in [0.2, 0.25) is 0 Å². The maximum atomic E-state index is 5.93. The van der Waals surface area contributed by atoms with Gasteiger partial charge in [0.05, 0.1) is 12.7 Å². The van der Waals surface area contributed by atoms with E-state index in [0.717, 1.165) is 28.4 Å². The Morgan fingerprint density at radius 2 is 2.22 bits per heavy atom. The summed E-state index contributed by atoms with van der Waals surface area (Å²) in [6.45, 7) is 0.666. The maximum Gasteiger partial charge on any atom is 0.151 e. The van der Waals surface area contributed by atoms with Gasteiger partial charge in [-0.3, -0.25) is 0 Å². The fourth-order valence-electron chi connectivity index (χ4n) is 1.56. The number of ether oxygens (including phenoxy) is 1. The summed E-state index contributed by atoms with van der Waals surface area (Å²) in [6, 6.07) is 5.49. The van der Waals surface area contributed by atoms with Crippen molar-refractivity contribution in [2.75, 3.05) is 13.7 Å². The number of aromatic nitrogens is 2. The Morgan fingerprint density at radius 3 is 2.94 bits per heavy atom. The average Bonchev–Trinajstić information content (AvgIpc) is 2.84. The van der Waals surface area contributed by atoms with Gasteiger partial charge in [0.1, 0.15) is 10.8 Å². The Bertz CT molecular complexity index is 530. The first-order valence-electron chi connectivity index (χ1n) is 5.61. The monoisotopic (exact) mass is 283 g/mol. The van der Waals surface area contributed by atoms with Crippen LogP contribution in [0.3, 0.4) is 0 Å². The van der Waals surface area contributed by atoms with Crippen LogP contribution in [0.15, 0.2) is 18.2 Å². The number of benzene rings is 1. The molecule has 6 heteroatoms. The summed E-state index contributed by atoms with van der Waals surface area (Å²) in [7, 11) is 1.62. The quantitative estimate of drug-likeness (QED) is 0.916. The first-order chi connectivity index (χ1) is 8.74. The number of methoxy groups -OCH3 is 1. The minimum absolute atomic E-state index is 0.642. The molecule has 2 N–H and O–H groups in total. The molecule has 0 amide bonds. The predicted octanol–water partition coefficient (Wildman–Crippen LogP) is 2.76. The van der Waals surface area contributed by atoms with Crippen LogP contribution in [-0.4, -0.2) is 23.9 Å². The first-order valence-corrected chi connectivity index (χ1v) is 6.80. The van der Waals surface area contributed by atoms with E-state index < -0.39 is 0 Å². The lowest BCUT2D eigenvalue weighted by atomic mass is 10.2. The minimum atomic E-state index is 0.642. The molecule has 0 saturated carbocycles. The summed E-state index contributed by atoms with van der Waals surface area (Å²) in [4.78, 5) is 0. The fourth-order valence-corrected chi connectivity index (χ4v) is 2.63. The second kappa shape index (κ2) is 6.13. The number of hydrogen-bond donors (Lipinski definition) is 1. The Kier molecular flexibility index (Phi) is 4.52. The lowest BCUT2D eigenvalue weighted by Crippen LogP contribution is -1.99. The highest BCUT2D eigenvalue weighted by Crippen LogP contribution is 2.34. The van der Waals surface area contributed by atoms with Gasteiger partial charge in [-0.25, -0.2) is 0 Å². The Labute approximate surface area is 115 Å². The van der Waals surface area contributed by atoms with Crippen LogP contribution in [0.1, 0.15) is 11.4 Å². The highest BCUT2D eigenvalue weighted by atomic mass is 35.5. The molecule has 0 aliphatic heterocycles. The lowest BCUT2D eigenvalue weighted by Gasteiger charge is -2.05. The summed E-state index contributed by atoms with van der Waals surface area (Å²) in [5, 5.41) is 10.8. The lowest BCUT2D eigenvalue weighted by molar-refractivity contribution is 0.416. The normalized spacial score (nSPS) is 10.6. The van der Waals surface area contributed by atoms with E-state index in [1.54, 1.807) is 24.5 Å². The van der Waals surface area contributed by atoms with E-state index in [1.807, 2.05) is 12.1 Å². The van der Waals surface area contributed by atoms with Crippen LogP contribution in [0.25, 0.3) is 10.6 Å². The Balaban J connectivity index is 2.28. The van der Waals surface area contributed by atoms with Gasteiger partial charge in [-0.2, -0.15) is 0 Å². The number of halogens is 1. The molecule has 18 heavy (non-hydrogen) atoms. The Hall–Kier alpha value is -1.17. The van der Waals surface area contributed by atoms with Gasteiger partial charge >= 0.3 is 0 Å². The molecule has 1 aromatic carbocycles. The highest BCUT2D eigenvalue weighted by Gasteiger charge is 2.11. The van der Waals surface area contributed by atoms with Crippen LogP contribution in [0.2, 0.25) is 5.02 Å². The summed E-state index contributed by atoms with van der Waals surface area (Å²) in [5.74, 6) is 0.712. The van der Waals surface area contributed by atoms with E-state index in [2.05, 4.69) is 10.2 Å². The van der Waals surface area contributed by atoms with Gasteiger partial charge in [0, 0.05) is 11.4 Å². The van der Waals surface area contributed by atoms with E-state index in [0.29, 0.717) is 17.3 Å². The minimum Gasteiger partial charge on any atom is -0.496 e. The molecule has 0 unspecified atom stereocenters. The number of hydrogen-bond acceptors (Lipinski definition) is 5. The number of aryl methyl sites for hydroxylation is 1. The van der Waals surface area contributed by atoms with Gasteiger partial charge in [-0.15, -0.1) is 10.2 Å². The van der Waals surface area contributed by atoms with Crippen molar-refractivity contribution in [1.29, 1.82) is 0 Å². The summed E-state index contributed by atoms with van der Waals surface area (Å²) < 4.78 is 5.31. The molecule has 0 spiro atoms. The molecular weight excluding hydrogens is 270 g/mol. The fraction of sp³-hybridized carbons (Fsp3) is 0.333. The number of rotatable bonds is 5. The molecule has 0 saturated heterocycles. The third kappa shape index (κ3) is 2.98. The van der Waals surface area contributed by atoms with Crippen molar-refractivity contribution in [3.8, 4) is 16.3 Å². The van der Waals surface area contributed by atoms with Crippen LogP contribution >= 0.6 is 22.9 Å². The van der Waals surface area contributed by atoms with Crippen LogP contribution in [0.5, 0.6) is 5.75 Å². The number of nitrogens with zero attached hydrogens (tertiary/aromatic N) is 2. The molecule has 2 rings (SSSR count). The largest absolute Gasteiger partial charge is 0.496 e. The molecule has 0 atom stereocenters. The zero-order valence-electron chi connectivity index (χ0n) is 10.0. The van der Waals surface area contributed by atoms with Crippen LogP contribution in [0, 0.1) is 0 Å². The molecule has 4 nitrogen and oxygen atoms in total. The van der Waals surface area contributed by atoms with Gasteiger partial charge in [0.15, 0.2) is 5.01 Å². The first kappa shape index (κ1) is 13.3. The molecular formula is C12H14ClN3OS. The van der Waals surface area contributed by atoms with Crippen LogP contribution < -0.4 is 10.5 Å². The molecule has 0 aliphatic carbocycles. The maximum absolute atomic E-state index is 5.93. The molecule has 1 heterocycles. The molecule has 0 aliphatic rings. The van der Waals surface area contributed by atoms with Crippen molar-refractivity contribution in [2.24, 2.45) is 5.73 Å². The molecule has 0 fully saturated rings. The highest BCUT2D eigenvalue weighted by molar-refractivity contribution is 7.14. The van der Waals surface area contributed by atoms with Gasteiger partial charge in [-0.1, -0.05) is 22.9 Å². The van der Waals surface area contributed by atoms with E-state index in [-0.39, 0.29) is 0 Å². The van der Waals surface area contributed by atoms with Crippen molar-refractivity contribution in [1.82, 2.24) is 10.2 Å². The third-order valence-electron chi connectivity index (χ3n) is 2.46. The predicted molar refractivity (Wildman–Crippen MR) is 74.3 cm³/mol. The van der Waals surface area contributed by atoms with Crippen LogP contribution in [0.4, 0.5) is 0 Å². The molecule has 2 aromatic rings. The second-order valence-corrected chi connectivity index (χ2v) is 5.24. The number of nitrogens with two attached hydrogens (primary N) is 1. The van der Waals surface area contributed by atoms with E-state index >= 15 is 0 Å². The van der Waals surface area contributed by atoms with Gasteiger partial charge < -0.3 is 10.5 Å². The topological polar surface area (TPSA) is 61.0 Å². The van der Waals surface area contributed by atoms with Gasteiger partial charge in [-0.05, 0) is 31.2 Å². The molecule has 1 aromatic heterocycles. The van der Waals surface area contributed by atoms with E-state index in [9.17, 15) is 0 Å². The molecule has 0 bridgehead atoms. The summed E-state index contributed by atoms with van der Waals surface area (Å²) in [5.41, 5.74) is 6.39. The third-order valence-corrected chi connectivity index (χ3v) is 3.71. The van der Waals surface area contributed by atoms with E-state index in [1.165, 1.54) is 0 Å². The smallest absolute Gasteiger partial charge is 0.151 e. The Morgan fingerprint density at radius 1 is 1.39 bits per heavy atom. The zero-order valence-corrected chi connectivity index (χ0v) is 11.6. The van der Waals surface area contributed by atoms with Crippen molar-refractivity contribution < 1.29 is 4.74 Å². The molecule has 0 radical (unpaired) electrons. The second-order valence-electron chi connectivity index (χ2n) is 3.74. The van der Waals surface area contributed by atoms with Crippen molar-refractivity contribution >= 4 is 22.9 Å². The van der Waals surface area contributed by atoms with E-state index in [4.69, 9.17) is 22.1 Å². The summed E-state index contributed by atoms with van der Waals surface area (Å²) >= 11 is 7.49. The zero-order chi connectivity index (χ0) is 13.0. The van der Waals surface area contributed by atoms with Crippen molar-refractivity contribution in [3.05, 3.63) is 28.2 Å². The average molecular weight is 284 g/mol. The van der Waals surface area contributed by atoms with Crippen molar-refractivity contribution in [2.45, 2.75) is 12.8 Å². The standard InChI is InChI=1S/C12H14ClN3OS/c1-17-10-7-8(13)4-5-9(10)12-16-15-11(18-12)3-2-6-14/h4-5,7H,2-3,6,14H2,1H3. The SMILES string of the molecule is COc1cc(Cl)ccc1-c1nnc(CCCN)s1. The van der Waals surface area contributed by atoms with Crippen molar-refractivity contribution in [3.63, 3.8) is 0 Å². The van der Waals surface area contributed by atoms with Crippen LogP contribution in [-0.2, 0) is 6.42 Å². The molecule has 96 valence electrons. The van der Waals surface area contributed by atoms with Gasteiger partial charge in [0.25, 0.3) is 0 Å². The summed E-state index contributed by atoms with van der Waals surface area (Å²) in [6.07, 6.45) is 1.79.